The largest absolute Gasteiger partial charge is 0.482 e. The highest BCUT2D eigenvalue weighted by Crippen LogP contribution is 2.34. The smallest absolute Gasteiger partial charge is 0.265 e. The van der Waals surface area contributed by atoms with E-state index in [1.807, 2.05) is 0 Å². The molecule has 3 N–H and O–H groups in total. The Hall–Kier alpha value is -1.79. The number of rotatable bonds is 4. The second-order valence-electron chi connectivity index (χ2n) is 4.02. The summed E-state index contributed by atoms with van der Waals surface area (Å²) in [5.41, 5.74) is 5.81. The fraction of sp³-hybridized carbons (Fsp3) is 0.333. The highest BCUT2D eigenvalue weighted by atomic mass is 35.5. The zero-order valence-electron chi connectivity index (χ0n) is 10.2. The molecule has 0 saturated carbocycles. The minimum absolute atomic E-state index is 0.0739. The van der Waals surface area contributed by atoms with Gasteiger partial charge < -0.3 is 15.8 Å². The van der Waals surface area contributed by atoms with Gasteiger partial charge in [0.15, 0.2) is 6.61 Å². The van der Waals surface area contributed by atoms with Crippen LogP contribution in [0, 0.1) is 0 Å². The van der Waals surface area contributed by atoms with E-state index in [4.69, 9.17) is 22.1 Å². The molecule has 1 aromatic carbocycles. The Bertz CT molecular complexity index is 507. The van der Waals surface area contributed by atoms with Crippen LogP contribution in [0.1, 0.15) is 0 Å². The molecule has 2 amide bonds. The molecule has 0 bridgehead atoms. The third-order valence-electron chi connectivity index (χ3n) is 2.63. The van der Waals surface area contributed by atoms with Crippen LogP contribution in [0.5, 0.6) is 5.75 Å². The number of halogens is 1. The van der Waals surface area contributed by atoms with Gasteiger partial charge in [0, 0.05) is 18.1 Å². The zero-order chi connectivity index (χ0) is 13.8. The summed E-state index contributed by atoms with van der Waals surface area (Å²) in [6.07, 6.45) is 0. The van der Waals surface area contributed by atoms with Crippen LogP contribution in [0.3, 0.4) is 0 Å². The average Bonchev–Trinajstić information content (AvgIpc) is 2.40. The quantitative estimate of drug-likeness (QED) is 0.823. The molecule has 7 heteroatoms. The Morgan fingerprint density at radius 1 is 1.53 bits per heavy atom. The number of nitrogens with zero attached hydrogens (tertiary/aromatic N) is 1. The molecule has 2 rings (SSSR count). The van der Waals surface area contributed by atoms with E-state index < -0.39 is 0 Å². The maximum absolute atomic E-state index is 11.8. The SMILES string of the molecule is NCCNC(=O)CN1C(=O)COc2ccc(Cl)cc21. The Balaban J connectivity index is 2.18. The van der Waals surface area contributed by atoms with Crippen LogP contribution >= 0.6 is 11.6 Å². The van der Waals surface area contributed by atoms with Crippen molar-refractivity contribution >= 4 is 29.1 Å². The number of hydrogen-bond donors (Lipinski definition) is 2. The summed E-state index contributed by atoms with van der Waals surface area (Å²) < 4.78 is 5.28. The third-order valence-corrected chi connectivity index (χ3v) is 2.87. The van der Waals surface area contributed by atoms with E-state index in [0.717, 1.165) is 0 Å². The van der Waals surface area contributed by atoms with Gasteiger partial charge in [0.1, 0.15) is 12.3 Å². The first kappa shape index (κ1) is 13.6. The molecule has 1 aromatic rings. The molecule has 0 atom stereocenters. The maximum Gasteiger partial charge on any atom is 0.265 e. The molecule has 0 aliphatic carbocycles. The van der Waals surface area contributed by atoms with Gasteiger partial charge in [-0.25, -0.2) is 0 Å². The summed E-state index contributed by atoms with van der Waals surface area (Å²) >= 11 is 5.90. The van der Waals surface area contributed by atoms with E-state index in [-0.39, 0.29) is 25.0 Å². The van der Waals surface area contributed by atoms with Crippen molar-refractivity contribution in [3.63, 3.8) is 0 Å². The summed E-state index contributed by atoms with van der Waals surface area (Å²) in [6.45, 7) is 0.569. The lowest BCUT2D eigenvalue weighted by atomic mass is 10.2. The third kappa shape index (κ3) is 3.15. The van der Waals surface area contributed by atoms with Crippen molar-refractivity contribution in [3.8, 4) is 5.75 Å². The number of anilines is 1. The van der Waals surface area contributed by atoms with Crippen LogP contribution in [-0.2, 0) is 9.59 Å². The van der Waals surface area contributed by atoms with Crippen LogP contribution in [-0.4, -0.2) is 38.1 Å². The van der Waals surface area contributed by atoms with E-state index >= 15 is 0 Å². The molecule has 0 radical (unpaired) electrons. The lowest BCUT2D eigenvalue weighted by Gasteiger charge is -2.28. The molecule has 0 aromatic heterocycles. The maximum atomic E-state index is 11.8. The molecule has 1 aliphatic rings. The predicted octanol–water partition coefficient (Wildman–Crippen LogP) is 0.140. The number of nitrogens with one attached hydrogen (secondary N) is 1. The normalized spacial score (nSPS) is 13.8. The number of carbonyl (C=O) groups excluding carboxylic acids is 2. The number of benzene rings is 1. The molecule has 0 saturated heterocycles. The Labute approximate surface area is 115 Å². The van der Waals surface area contributed by atoms with Gasteiger partial charge in [-0.05, 0) is 18.2 Å². The summed E-state index contributed by atoms with van der Waals surface area (Å²) in [7, 11) is 0. The van der Waals surface area contributed by atoms with E-state index in [0.29, 0.717) is 29.5 Å². The topological polar surface area (TPSA) is 84.7 Å². The molecule has 1 heterocycles. The van der Waals surface area contributed by atoms with Gasteiger partial charge in [0.2, 0.25) is 5.91 Å². The number of fused-ring (bicyclic) bond motifs is 1. The molecule has 0 spiro atoms. The predicted molar refractivity (Wildman–Crippen MR) is 71.4 cm³/mol. The molecule has 1 aliphatic heterocycles. The second-order valence-corrected chi connectivity index (χ2v) is 4.46. The number of hydrogen-bond acceptors (Lipinski definition) is 4. The van der Waals surface area contributed by atoms with Crippen LogP contribution in [0.15, 0.2) is 18.2 Å². The van der Waals surface area contributed by atoms with Gasteiger partial charge in [-0.2, -0.15) is 0 Å². The lowest BCUT2D eigenvalue weighted by Crippen LogP contribution is -2.45. The molecular weight excluding hydrogens is 270 g/mol. The van der Waals surface area contributed by atoms with Crippen LogP contribution in [0.2, 0.25) is 5.02 Å². The Morgan fingerprint density at radius 2 is 2.32 bits per heavy atom. The van der Waals surface area contributed by atoms with Gasteiger partial charge in [-0.3, -0.25) is 14.5 Å². The highest BCUT2D eigenvalue weighted by molar-refractivity contribution is 6.31. The molecule has 19 heavy (non-hydrogen) atoms. The highest BCUT2D eigenvalue weighted by Gasteiger charge is 2.27. The van der Waals surface area contributed by atoms with E-state index in [2.05, 4.69) is 5.32 Å². The number of amides is 2. The molecule has 6 nitrogen and oxygen atoms in total. The minimum Gasteiger partial charge on any atom is -0.482 e. The molecule has 0 fully saturated rings. The molecular formula is C12H14ClN3O3. The summed E-state index contributed by atoms with van der Waals surface area (Å²) in [6, 6.07) is 4.95. The monoisotopic (exact) mass is 283 g/mol. The van der Waals surface area contributed by atoms with Gasteiger partial charge in [-0.15, -0.1) is 0 Å². The van der Waals surface area contributed by atoms with Crippen molar-refractivity contribution < 1.29 is 14.3 Å². The first-order valence-corrected chi connectivity index (χ1v) is 6.19. The standard InChI is InChI=1S/C12H14ClN3O3/c13-8-1-2-10-9(5-8)16(12(18)7-19-10)6-11(17)15-4-3-14/h1-2,5H,3-4,6-7,14H2,(H,15,17). The van der Waals surface area contributed by atoms with Crippen molar-refractivity contribution in [3.05, 3.63) is 23.2 Å². The van der Waals surface area contributed by atoms with Crippen molar-refractivity contribution in [2.75, 3.05) is 31.1 Å². The lowest BCUT2D eigenvalue weighted by molar-refractivity contribution is -0.125. The van der Waals surface area contributed by atoms with Crippen molar-refractivity contribution in [2.24, 2.45) is 5.73 Å². The van der Waals surface area contributed by atoms with Crippen LogP contribution in [0.25, 0.3) is 0 Å². The summed E-state index contributed by atoms with van der Waals surface area (Å²) in [4.78, 5) is 24.9. The van der Waals surface area contributed by atoms with Crippen molar-refractivity contribution in [2.45, 2.75) is 0 Å². The van der Waals surface area contributed by atoms with Gasteiger partial charge in [0.25, 0.3) is 5.91 Å². The van der Waals surface area contributed by atoms with E-state index in [1.54, 1.807) is 18.2 Å². The zero-order valence-corrected chi connectivity index (χ0v) is 10.9. The summed E-state index contributed by atoms with van der Waals surface area (Å²) in [5, 5.41) is 3.09. The van der Waals surface area contributed by atoms with Crippen LogP contribution < -0.4 is 20.7 Å². The number of ether oxygens (including phenoxy) is 1. The first-order chi connectivity index (χ1) is 9.11. The molecule has 0 unspecified atom stereocenters. The first-order valence-electron chi connectivity index (χ1n) is 5.81. The van der Waals surface area contributed by atoms with Crippen molar-refractivity contribution in [1.82, 2.24) is 5.32 Å². The Kier molecular flexibility index (Phi) is 4.24. The Morgan fingerprint density at radius 3 is 3.05 bits per heavy atom. The second kappa shape index (κ2) is 5.90. The van der Waals surface area contributed by atoms with Gasteiger partial charge >= 0.3 is 0 Å². The molecule has 102 valence electrons. The van der Waals surface area contributed by atoms with Gasteiger partial charge in [-0.1, -0.05) is 11.6 Å². The fourth-order valence-corrected chi connectivity index (χ4v) is 1.93. The number of nitrogens with two attached hydrogens (primary N) is 1. The van der Waals surface area contributed by atoms with E-state index in [9.17, 15) is 9.59 Å². The summed E-state index contributed by atoms with van der Waals surface area (Å²) in [5.74, 6) is -0.0140. The van der Waals surface area contributed by atoms with Crippen LogP contribution in [0.4, 0.5) is 5.69 Å². The van der Waals surface area contributed by atoms with E-state index in [1.165, 1.54) is 4.90 Å². The fourth-order valence-electron chi connectivity index (χ4n) is 1.76. The average molecular weight is 284 g/mol. The minimum atomic E-state index is -0.280. The number of carbonyl (C=O) groups is 2. The van der Waals surface area contributed by atoms with Gasteiger partial charge in [0.05, 0.1) is 5.69 Å². The van der Waals surface area contributed by atoms with Crippen molar-refractivity contribution in [1.29, 1.82) is 0 Å².